The number of carbonyl (C=O) groups excluding carboxylic acids is 5. The second-order valence-corrected chi connectivity index (χ2v) is 19.9. The number of ether oxygens (including phenoxy) is 5. The van der Waals surface area contributed by atoms with Gasteiger partial charge in [0.25, 0.3) is 23.6 Å². The minimum Gasteiger partial charge on any atom is -0.496 e. The molecule has 5 aliphatic heterocycles. The van der Waals surface area contributed by atoms with Crippen LogP contribution >= 0.6 is 0 Å². The zero-order valence-corrected chi connectivity index (χ0v) is 40.5. The number of nitrogens with zero attached hydrogens (tertiary/aromatic N) is 5. The van der Waals surface area contributed by atoms with Crippen molar-refractivity contribution in [1.29, 1.82) is 0 Å². The lowest BCUT2D eigenvalue weighted by atomic mass is 9.81. The molecule has 1 saturated heterocycles. The van der Waals surface area contributed by atoms with E-state index in [-0.39, 0.29) is 63.0 Å². The van der Waals surface area contributed by atoms with E-state index in [0.717, 1.165) is 33.6 Å². The third kappa shape index (κ3) is 9.30. The molecular weight excluding hydrogens is 907 g/mol. The summed E-state index contributed by atoms with van der Waals surface area (Å²) in [6.07, 6.45) is 7.55. The number of rotatable bonds is 15. The number of carbonyl (C=O) groups is 5. The maximum atomic E-state index is 14.1. The number of anilines is 2. The number of para-hydroxylation sites is 2. The molecule has 0 bridgehead atoms. The predicted octanol–water partition coefficient (Wildman–Crippen LogP) is 7.65. The lowest BCUT2D eigenvalue weighted by molar-refractivity contribution is -0.205. The van der Waals surface area contributed by atoms with E-state index in [1.54, 1.807) is 50.0 Å². The molecule has 6 aliphatic rings. The number of methoxy groups -OCH3 is 2. The van der Waals surface area contributed by atoms with Crippen LogP contribution in [0.15, 0.2) is 112 Å². The van der Waals surface area contributed by atoms with Crippen molar-refractivity contribution in [2.75, 3.05) is 24.0 Å². The highest BCUT2D eigenvalue weighted by Gasteiger charge is 2.43. The van der Waals surface area contributed by atoms with Crippen molar-refractivity contribution in [3.05, 3.63) is 136 Å². The molecule has 4 atom stereocenters. The molecule has 0 aromatic heterocycles. The first kappa shape index (κ1) is 47.4. The topological polar surface area (TPSA) is 175 Å². The first-order valence-electron chi connectivity index (χ1n) is 23.8. The van der Waals surface area contributed by atoms with Gasteiger partial charge < -0.3 is 28.5 Å². The van der Waals surface area contributed by atoms with Crippen LogP contribution in [0.1, 0.15) is 85.1 Å². The maximum Gasteiger partial charge on any atom is 0.338 e. The molecule has 0 saturated carbocycles. The molecule has 0 radical (unpaired) electrons. The van der Waals surface area contributed by atoms with E-state index in [1.807, 2.05) is 105 Å². The highest BCUT2D eigenvalue weighted by molar-refractivity contribution is 6.15. The van der Waals surface area contributed by atoms with Crippen LogP contribution in [0.3, 0.4) is 0 Å². The zero-order chi connectivity index (χ0) is 49.8. The van der Waals surface area contributed by atoms with Gasteiger partial charge in [0.15, 0.2) is 0 Å². The van der Waals surface area contributed by atoms with E-state index in [2.05, 4.69) is 0 Å². The van der Waals surface area contributed by atoms with Crippen LogP contribution in [-0.4, -0.2) is 91.2 Å². The summed E-state index contributed by atoms with van der Waals surface area (Å²) >= 11 is 0. The summed E-state index contributed by atoms with van der Waals surface area (Å²) in [5.74, 6) is -1.19. The lowest BCUT2D eigenvalue weighted by Gasteiger charge is -2.34. The third-order valence-corrected chi connectivity index (χ3v) is 13.6. The Hall–Kier alpha value is -7.27. The van der Waals surface area contributed by atoms with Crippen LogP contribution in [0.2, 0.25) is 0 Å². The quantitative estimate of drug-likeness (QED) is 0.107. The first-order chi connectivity index (χ1) is 34.1. The third-order valence-electron chi connectivity index (χ3n) is 13.6. The van der Waals surface area contributed by atoms with Gasteiger partial charge in [-0.1, -0.05) is 42.5 Å². The second-order valence-electron chi connectivity index (χ2n) is 19.9. The van der Waals surface area contributed by atoms with Gasteiger partial charge in [0, 0.05) is 68.6 Å². The fourth-order valence-corrected chi connectivity index (χ4v) is 10.5. The molecule has 2 unspecified atom stereocenters. The Morgan fingerprint density at radius 1 is 0.718 bits per heavy atom. The minimum atomic E-state index is -1.17. The van der Waals surface area contributed by atoms with Crippen molar-refractivity contribution in [1.82, 2.24) is 5.06 Å². The van der Waals surface area contributed by atoms with Crippen molar-refractivity contribution >= 4 is 59.1 Å². The van der Waals surface area contributed by atoms with Gasteiger partial charge in [0.1, 0.15) is 29.3 Å². The van der Waals surface area contributed by atoms with Gasteiger partial charge in [-0.25, -0.2) is 4.79 Å². The van der Waals surface area contributed by atoms with Crippen molar-refractivity contribution in [3.63, 3.8) is 0 Å². The fraction of sp³-hybridized carbons (Fsp3) is 0.364. The van der Waals surface area contributed by atoms with E-state index in [9.17, 15) is 24.0 Å². The molecule has 10 rings (SSSR count). The van der Waals surface area contributed by atoms with Crippen molar-refractivity contribution in [2.45, 2.75) is 110 Å². The zero-order valence-electron chi connectivity index (χ0n) is 40.5. The Bertz CT molecular complexity index is 2970. The molecule has 4 aromatic carbocycles. The molecule has 4 aromatic rings. The molecule has 0 spiro atoms. The molecular formula is C55H55N5O11. The van der Waals surface area contributed by atoms with E-state index in [1.165, 1.54) is 0 Å². The molecule has 16 nitrogen and oxygen atoms in total. The number of imide groups is 1. The Balaban J connectivity index is 0.882. The minimum absolute atomic E-state index is 0.0109. The average molecular weight is 962 g/mol. The average Bonchev–Trinajstić information content (AvgIpc) is 3.96. The lowest BCUT2D eigenvalue weighted by Crippen LogP contribution is -2.42. The number of benzene rings is 4. The monoisotopic (exact) mass is 961 g/mol. The van der Waals surface area contributed by atoms with E-state index < -0.39 is 41.0 Å². The number of hydrogen-bond acceptors (Lipinski definition) is 13. The largest absolute Gasteiger partial charge is 0.496 e. The van der Waals surface area contributed by atoms with Gasteiger partial charge >= 0.3 is 5.97 Å². The maximum absolute atomic E-state index is 14.1. The highest BCUT2D eigenvalue weighted by Crippen LogP contribution is 2.41. The SMILES string of the molecule is COc1cc2c(cc1COCc1cc(COC3C=C4N=C[C@@H]5Cc6ccccc6N5C(=O)C4=CC3OC)cc(OC(C)(C)CC(C)(C)C(=O)ON3C(=O)CCC3=O)c1)N=C[C@@H]1Cc3ccccc3N1C2=O. The standard InChI is InChI=1S/C55H55N5O11/c1-54(2,53(65)71-60-49(61)15-16-50(60)62)31-55(3,4)70-39-18-32(28-68-30-36-22-42-40(23-46(36)66-5)51(63)58-37(26-56-42)20-34-11-7-9-13-44(34)58)17-33(19-39)29-69-48-25-43-41(24-47(48)67-6)52(64)59-38(27-57-43)21-35-12-8-10-14-45(35)59/h7-14,17-19,22-27,37-38,47-48H,15-16,20-21,28-31H2,1-6H3/t37-,38-,47?,48?/m0/s1. The van der Waals surface area contributed by atoms with Crippen molar-refractivity contribution in [3.8, 4) is 11.5 Å². The molecule has 1 aliphatic carbocycles. The van der Waals surface area contributed by atoms with Gasteiger partial charge in [0.05, 0.1) is 67.0 Å². The predicted molar refractivity (Wildman–Crippen MR) is 263 cm³/mol. The number of hydrogen-bond donors (Lipinski definition) is 0. The summed E-state index contributed by atoms with van der Waals surface area (Å²) in [7, 11) is 3.13. The number of hydroxylamine groups is 2. The summed E-state index contributed by atoms with van der Waals surface area (Å²) in [5.41, 5.74) is 5.92. The van der Waals surface area contributed by atoms with Crippen LogP contribution in [-0.2, 0) is 70.9 Å². The van der Waals surface area contributed by atoms with E-state index in [0.29, 0.717) is 57.5 Å². The molecule has 16 heteroatoms. The van der Waals surface area contributed by atoms with E-state index in [4.69, 9.17) is 38.5 Å². The summed E-state index contributed by atoms with van der Waals surface area (Å²) in [6.45, 7) is 7.39. The van der Waals surface area contributed by atoms with Gasteiger partial charge in [-0.05, 0) is 98.5 Å². The molecule has 5 heterocycles. The molecule has 71 heavy (non-hydrogen) atoms. The number of fused-ring (bicyclic) bond motifs is 8. The van der Waals surface area contributed by atoms with E-state index >= 15 is 0 Å². The summed E-state index contributed by atoms with van der Waals surface area (Å²) in [5, 5.41) is 0.554. The van der Waals surface area contributed by atoms with Crippen molar-refractivity contribution < 1.29 is 52.5 Å². The van der Waals surface area contributed by atoms with Gasteiger partial charge in [-0.15, -0.1) is 5.06 Å². The van der Waals surface area contributed by atoms with Gasteiger partial charge in [-0.2, -0.15) is 0 Å². The molecule has 1 fully saturated rings. The van der Waals surface area contributed by atoms with Gasteiger partial charge in [0.2, 0.25) is 0 Å². The Morgan fingerprint density at radius 2 is 1.35 bits per heavy atom. The van der Waals surface area contributed by atoms with Crippen LogP contribution in [0.25, 0.3) is 0 Å². The molecule has 4 amide bonds. The Labute approximate surface area is 411 Å². The van der Waals surface area contributed by atoms with Crippen molar-refractivity contribution in [2.24, 2.45) is 15.4 Å². The van der Waals surface area contributed by atoms with Crippen LogP contribution in [0, 0.1) is 5.41 Å². The van der Waals surface area contributed by atoms with Gasteiger partial charge in [-0.3, -0.25) is 39.0 Å². The number of aliphatic imine (C=N–C) groups is 2. The Morgan fingerprint density at radius 3 is 2.01 bits per heavy atom. The summed E-state index contributed by atoms with van der Waals surface area (Å²) < 4.78 is 31.3. The Kier molecular flexibility index (Phi) is 12.6. The smallest absolute Gasteiger partial charge is 0.338 e. The van der Waals surface area contributed by atoms with Crippen LogP contribution < -0.4 is 19.3 Å². The summed E-state index contributed by atoms with van der Waals surface area (Å²) in [4.78, 5) is 84.5. The fourth-order valence-electron chi connectivity index (χ4n) is 10.5. The molecule has 0 N–H and O–H groups in total. The second kappa shape index (κ2) is 18.8. The normalized spacial score (nSPS) is 21.1. The first-order valence-corrected chi connectivity index (χ1v) is 23.8. The summed E-state index contributed by atoms with van der Waals surface area (Å²) in [6, 6.07) is 24.6. The molecule has 366 valence electrons. The van der Waals surface area contributed by atoms with Crippen LogP contribution in [0.5, 0.6) is 11.5 Å². The van der Waals surface area contributed by atoms with Crippen LogP contribution in [0.4, 0.5) is 17.1 Å². The number of amides is 4. The highest BCUT2D eigenvalue weighted by atomic mass is 16.7.